The maximum absolute atomic E-state index is 10.9. The Balaban J connectivity index is 3.04. The lowest BCUT2D eigenvalue weighted by molar-refractivity contribution is -0.138. The average Bonchev–Trinajstić information content (AvgIpc) is 2.31. The van der Waals surface area contributed by atoms with Crippen LogP contribution in [0.5, 0.6) is 0 Å². The van der Waals surface area contributed by atoms with Crippen LogP contribution in [0.15, 0.2) is 6.20 Å². The van der Waals surface area contributed by atoms with E-state index in [1.165, 1.54) is 0 Å². The van der Waals surface area contributed by atoms with Gasteiger partial charge in [-0.05, 0) is 13.3 Å². The van der Waals surface area contributed by atoms with Crippen LogP contribution in [-0.2, 0) is 11.8 Å². The van der Waals surface area contributed by atoms with Gasteiger partial charge >= 0.3 is 5.97 Å². The molecule has 0 aliphatic carbocycles. The number of aromatic nitrogens is 2. The minimum absolute atomic E-state index is 0.423. The first kappa shape index (κ1) is 9.77. The van der Waals surface area contributed by atoms with Crippen LogP contribution >= 0.6 is 0 Å². The van der Waals surface area contributed by atoms with E-state index in [1.54, 1.807) is 17.9 Å². The predicted molar refractivity (Wildman–Crippen MR) is 48.6 cm³/mol. The molecule has 0 saturated heterocycles. The van der Waals surface area contributed by atoms with Crippen LogP contribution in [-0.4, -0.2) is 20.9 Å². The first-order valence-electron chi connectivity index (χ1n) is 4.29. The molecule has 0 aliphatic rings. The maximum atomic E-state index is 10.9. The number of hydrogen-bond acceptors (Lipinski definition) is 2. The number of rotatable bonds is 3. The fourth-order valence-electron chi connectivity index (χ4n) is 1.49. The van der Waals surface area contributed by atoms with Gasteiger partial charge in [-0.2, -0.15) is 5.10 Å². The summed E-state index contributed by atoms with van der Waals surface area (Å²) >= 11 is 0. The molecule has 0 amide bonds. The molecule has 0 spiro atoms. The van der Waals surface area contributed by atoms with Gasteiger partial charge in [0.25, 0.3) is 0 Å². The van der Waals surface area contributed by atoms with Crippen LogP contribution in [0.4, 0.5) is 0 Å². The molecule has 0 saturated carbocycles. The highest BCUT2D eigenvalue weighted by atomic mass is 16.4. The normalized spacial score (nSPS) is 12.8. The van der Waals surface area contributed by atoms with Gasteiger partial charge in [0.2, 0.25) is 0 Å². The van der Waals surface area contributed by atoms with Crippen molar-refractivity contribution in [2.24, 2.45) is 7.05 Å². The van der Waals surface area contributed by atoms with E-state index in [0.717, 1.165) is 11.3 Å². The molecule has 0 bridgehead atoms. The van der Waals surface area contributed by atoms with Crippen molar-refractivity contribution in [3.63, 3.8) is 0 Å². The summed E-state index contributed by atoms with van der Waals surface area (Å²) in [4.78, 5) is 10.9. The molecule has 1 N–H and O–H groups in total. The van der Waals surface area contributed by atoms with Crippen LogP contribution in [0, 0.1) is 6.92 Å². The number of aliphatic carboxylic acids is 1. The summed E-state index contributed by atoms with van der Waals surface area (Å²) < 4.78 is 1.65. The van der Waals surface area contributed by atoms with Gasteiger partial charge in [-0.1, -0.05) is 6.92 Å². The summed E-state index contributed by atoms with van der Waals surface area (Å²) in [5.74, 6) is -1.20. The number of carbonyl (C=O) groups is 1. The lowest BCUT2D eigenvalue weighted by Gasteiger charge is -2.07. The lowest BCUT2D eigenvalue weighted by Crippen LogP contribution is -2.10. The topological polar surface area (TPSA) is 55.1 Å². The van der Waals surface area contributed by atoms with Gasteiger partial charge < -0.3 is 5.11 Å². The van der Waals surface area contributed by atoms with Crippen molar-refractivity contribution in [3.05, 3.63) is 17.5 Å². The maximum Gasteiger partial charge on any atom is 0.311 e. The summed E-state index contributed by atoms with van der Waals surface area (Å²) in [7, 11) is 1.80. The molecule has 72 valence electrons. The quantitative estimate of drug-likeness (QED) is 0.766. The molecule has 0 aromatic carbocycles. The van der Waals surface area contributed by atoms with E-state index in [4.69, 9.17) is 5.11 Å². The highest BCUT2D eigenvalue weighted by Gasteiger charge is 2.21. The molecule has 1 heterocycles. The van der Waals surface area contributed by atoms with Gasteiger partial charge in [-0.25, -0.2) is 0 Å². The highest BCUT2D eigenvalue weighted by molar-refractivity contribution is 5.76. The Hall–Kier alpha value is -1.32. The fourth-order valence-corrected chi connectivity index (χ4v) is 1.49. The van der Waals surface area contributed by atoms with Gasteiger partial charge in [0.15, 0.2) is 0 Å². The molecule has 1 rings (SSSR count). The first-order chi connectivity index (χ1) is 6.06. The van der Waals surface area contributed by atoms with Crippen LogP contribution in [0.25, 0.3) is 0 Å². The standard InChI is InChI=1S/C9H14N2O2/c1-4-7(9(12)13)8-5-11(3)10-6(8)2/h5,7H,4H2,1-3H3,(H,12,13). The molecule has 0 aliphatic heterocycles. The number of hydrogen-bond donors (Lipinski definition) is 1. The summed E-state index contributed by atoms with van der Waals surface area (Å²) in [6.07, 6.45) is 2.37. The van der Waals surface area contributed by atoms with Gasteiger partial charge in [-0.3, -0.25) is 9.48 Å². The van der Waals surface area contributed by atoms with Gasteiger partial charge in [0.1, 0.15) is 0 Å². The number of aryl methyl sites for hydroxylation is 2. The van der Waals surface area contributed by atoms with Crippen molar-refractivity contribution in [1.82, 2.24) is 9.78 Å². The summed E-state index contributed by atoms with van der Waals surface area (Å²) in [6, 6.07) is 0. The predicted octanol–water partition coefficient (Wildman–Crippen LogP) is 1.31. The van der Waals surface area contributed by atoms with Gasteiger partial charge in [-0.15, -0.1) is 0 Å². The fraction of sp³-hybridized carbons (Fsp3) is 0.556. The van der Waals surface area contributed by atoms with Crippen molar-refractivity contribution in [2.45, 2.75) is 26.2 Å². The third kappa shape index (κ3) is 1.88. The van der Waals surface area contributed by atoms with Gasteiger partial charge in [0.05, 0.1) is 11.6 Å². The second kappa shape index (κ2) is 3.60. The van der Waals surface area contributed by atoms with Crippen LogP contribution in [0.2, 0.25) is 0 Å². The molecular formula is C9H14N2O2. The van der Waals surface area contributed by atoms with E-state index in [-0.39, 0.29) is 0 Å². The minimum atomic E-state index is -0.779. The van der Waals surface area contributed by atoms with Crippen LogP contribution in [0.1, 0.15) is 30.5 Å². The van der Waals surface area contributed by atoms with E-state index in [2.05, 4.69) is 5.10 Å². The zero-order chi connectivity index (χ0) is 10.0. The molecule has 1 aromatic rings. The molecule has 0 radical (unpaired) electrons. The van der Waals surface area contributed by atoms with E-state index in [1.807, 2.05) is 13.8 Å². The molecule has 13 heavy (non-hydrogen) atoms. The van der Waals surface area contributed by atoms with Crippen molar-refractivity contribution in [1.29, 1.82) is 0 Å². The summed E-state index contributed by atoms with van der Waals surface area (Å²) in [5, 5.41) is 13.0. The molecule has 1 aromatic heterocycles. The largest absolute Gasteiger partial charge is 0.481 e. The Morgan fingerprint density at radius 2 is 2.38 bits per heavy atom. The Kier molecular flexibility index (Phi) is 2.70. The molecule has 4 heteroatoms. The zero-order valence-electron chi connectivity index (χ0n) is 8.11. The first-order valence-corrected chi connectivity index (χ1v) is 4.29. The Morgan fingerprint density at radius 3 is 2.69 bits per heavy atom. The summed E-state index contributed by atoms with van der Waals surface area (Å²) in [5.41, 5.74) is 1.62. The second-order valence-corrected chi connectivity index (χ2v) is 3.14. The molecule has 1 atom stereocenters. The molecular weight excluding hydrogens is 168 g/mol. The van der Waals surface area contributed by atoms with Crippen LogP contribution in [0.3, 0.4) is 0 Å². The van der Waals surface area contributed by atoms with Gasteiger partial charge in [0, 0.05) is 18.8 Å². The molecule has 4 nitrogen and oxygen atoms in total. The smallest absolute Gasteiger partial charge is 0.311 e. The van der Waals surface area contributed by atoms with Crippen molar-refractivity contribution >= 4 is 5.97 Å². The third-order valence-corrected chi connectivity index (χ3v) is 2.13. The Morgan fingerprint density at radius 1 is 1.77 bits per heavy atom. The Labute approximate surface area is 77.2 Å². The molecule has 1 unspecified atom stereocenters. The zero-order valence-corrected chi connectivity index (χ0v) is 8.11. The SMILES string of the molecule is CCC(C(=O)O)c1cn(C)nc1C. The van der Waals surface area contributed by atoms with Crippen molar-refractivity contribution in [2.75, 3.05) is 0 Å². The van der Waals surface area contributed by atoms with E-state index < -0.39 is 11.9 Å². The van der Waals surface area contributed by atoms with Crippen molar-refractivity contribution < 1.29 is 9.90 Å². The lowest BCUT2D eigenvalue weighted by atomic mass is 9.98. The average molecular weight is 182 g/mol. The number of carboxylic acids is 1. The second-order valence-electron chi connectivity index (χ2n) is 3.14. The molecule has 0 fully saturated rings. The monoisotopic (exact) mass is 182 g/mol. The van der Waals surface area contributed by atoms with E-state index in [9.17, 15) is 4.79 Å². The minimum Gasteiger partial charge on any atom is -0.481 e. The van der Waals surface area contributed by atoms with E-state index in [0.29, 0.717) is 6.42 Å². The summed E-state index contributed by atoms with van der Waals surface area (Å²) in [6.45, 7) is 3.70. The van der Waals surface area contributed by atoms with Crippen LogP contribution < -0.4 is 0 Å². The highest BCUT2D eigenvalue weighted by Crippen LogP contribution is 2.21. The number of carboxylic acid groups (broad SMARTS) is 1. The van der Waals surface area contributed by atoms with Crippen molar-refractivity contribution in [3.8, 4) is 0 Å². The third-order valence-electron chi connectivity index (χ3n) is 2.13. The Bertz CT molecular complexity index is 317. The van der Waals surface area contributed by atoms with E-state index >= 15 is 0 Å². The number of nitrogens with zero attached hydrogens (tertiary/aromatic N) is 2.